The van der Waals surface area contributed by atoms with Crippen molar-refractivity contribution in [1.29, 1.82) is 0 Å². The first kappa shape index (κ1) is 23.8. The van der Waals surface area contributed by atoms with Gasteiger partial charge in [-0.05, 0) is 36.2 Å². The Kier molecular flexibility index (Phi) is 8.82. The van der Waals surface area contributed by atoms with Gasteiger partial charge in [-0.15, -0.1) is 24.0 Å². The number of nitrogens with one attached hydrogen (secondary N) is 3. The Morgan fingerprint density at radius 1 is 1.17 bits per heavy atom. The van der Waals surface area contributed by atoms with E-state index in [0.29, 0.717) is 31.2 Å². The summed E-state index contributed by atoms with van der Waals surface area (Å²) in [6.07, 6.45) is 0.745. The number of hydrogen-bond acceptors (Lipinski definition) is 3. The highest BCUT2D eigenvalue weighted by Crippen LogP contribution is 2.26. The number of rotatable bonds is 5. The fraction of sp³-hybridized carbons (Fsp3) is 0.333. The Labute approximate surface area is 192 Å². The van der Waals surface area contributed by atoms with E-state index in [1.165, 1.54) is 18.2 Å². The summed E-state index contributed by atoms with van der Waals surface area (Å²) in [5.41, 5.74) is 1.63. The van der Waals surface area contributed by atoms with Gasteiger partial charge < -0.3 is 20.9 Å². The maximum absolute atomic E-state index is 14.0. The summed E-state index contributed by atoms with van der Waals surface area (Å²) in [6, 6.07) is 11.2. The van der Waals surface area contributed by atoms with Crippen molar-refractivity contribution in [1.82, 2.24) is 16.0 Å². The van der Waals surface area contributed by atoms with Gasteiger partial charge in [-0.2, -0.15) is 0 Å². The van der Waals surface area contributed by atoms with Crippen LogP contribution in [0.1, 0.15) is 22.3 Å². The molecule has 162 valence electrons. The first-order chi connectivity index (χ1) is 14.0. The first-order valence-corrected chi connectivity index (χ1v) is 9.49. The van der Waals surface area contributed by atoms with E-state index in [9.17, 15) is 13.6 Å². The van der Waals surface area contributed by atoms with Crippen molar-refractivity contribution in [3.63, 3.8) is 0 Å². The Balaban J connectivity index is 0.00000320. The van der Waals surface area contributed by atoms with Crippen molar-refractivity contribution < 1.29 is 13.6 Å². The van der Waals surface area contributed by atoms with Crippen molar-refractivity contribution in [2.24, 2.45) is 4.99 Å². The largest absolute Gasteiger partial charge is 0.365 e. The van der Waals surface area contributed by atoms with E-state index in [4.69, 9.17) is 0 Å². The quantitative estimate of drug-likeness (QED) is 0.317. The molecule has 2 aromatic rings. The van der Waals surface area contributed by atoms with Crippen LogP contribution in [0.5, 0.6) is 0 Å². The van der Waals surface area contributed by atoms with E-state index in [0.717, 1.165) is 12.0 Å². The molecule has 9 heteroatoms. The number of para-hydroxylation sites is 1. The summed E-state index contributed by atoms with van der Waals surface area (Å²) in [7, 11) is 3.27. The van der Waals surface area contributed by atoms with Gasteiger partial charge >= 0.3 is 0 Å². The fourth-order valence-electron chi connectivity index (χ4n) is 3.36. The lowest BCUT2D eigenvalue weighted by Crippen LogP contribution is -2.44. The topological polar surface area (TPSA) is 68.8 Å². The van der Waals surface area contributed by atoms with Crippen LogP contribution < -0.4 is 20.9 Å². The molecule has 6 nitrogen and oxygen atoms in total. The first-order valence-electron chi connectivity index (χ1n) is 9.49. The summed E-state index contributed by atoms with van der Waals surface area (Å²) in [5.74, 6) is -0.609. The summed E-state index contributed by atoms with van der Waals surface area (Å²) < 4.78 is 28.0. The standard InChI is InChI=1S/C21H25F2N5O.HI/c1-24-20(29)15-8-6-14(7-9-15)12-26-21(25-2)27-16-10-11-28(13-16)19-17(22)4-3-5-18(19)23;/h3-9,16H,10-13H2,1-2H3,(H,24,29)(H2,25,26,27);1H. The Hall–Kier alpha value is -2.43. The van der Waals surface area contributed by atoms with Gasteiger partial charge in [0.25, 0.3) is 5.91 Å². The molecule has 1 atom stereocenters. The molecular weight excluding hydrogens is 503 g/mol. The van der Waals surface area contributed by atoms with Crippen LogP contribution in [-0.2, 0) is 6.54 Å². The van der Waals surface area contributed by atoms with Crippen LogP contribution in [0.4, 0.5) is 14.5 Å². The number of carbonyl (C=O) groups excluding carboxylic acids is 1. The zero-order valence-corrected chi connectivity index (χ0v) is 19.2. The third-order valence-electron chi connectivity index (χ3n) is 4.91. The van der Waals surface area contributed by atoms with Gasteiger partial charge in [-0.25, -0.2) is 8.78 Å². The van der Waals surface area contributed by atoms with Crippen molar-refractivity contribution in [2.75, 3.05) is 32.1 Å². The lowest BCUT2D eigenvalue weighted by atomic mass is 10.1. The number of anilines is 1. The summed E-state index contributed by atoms with van der Waals surface area (Å²) in [4.78, 5) is 17.5. The molecule has 3 rings (SSSR count). The average molecular weight is 529 g/mol. The molecule has 1 saturated heterocycles. The third-order valence-corrected chi connectivity index (χ3v) is 4.91. The predicted molar refractivity (Wildman–Crippen MR) is 126 cm³/mol. The van der Waals surface area contributed by atoms with Gasteiger partial charge in [0.2, 0.25) is 0 Å². The SMILES string of the molecule is CN=C(NCc1ccc(C(=O)NC)cc1)NC1CCN(c2c(F)cccc2F)C1.I. The minimum atomic E-state index is -0.548. The zero-order chi connectivity index (χ0) is 20.8. The van der Waals surface area contributed by atoms with Crippen LogP contribution in [0.3, 0.4) is 0 Å². The molecule has 30 heavy (non-hydrogen) atoms. The van der Waals surface area contributed by atoms with E-state index in [-0.39, 0.29) is 41.6 Å². The normalized spacial score (nSPS) is 16.1. The zero-order valence-electron chi connectivity index (χ0n) is 16.9. The lowest BCUT2D eigenvalue weighted by Gasteiger charge is -2.21. The lowest BCUT2D eigenvalue weighted by molar-refractivity contribution is 0.0963. The second kappa shape index (κ2) is 11.1. The number of halogens is 3. The van der Waals surface area contributed by atoms with Gasteiger partial charge in [0.1, 0.15) is 17.3 Å². The Morgan fingerprint density at radius 2 is 1.83 bits per heavy atom. The highest BCUT2D eigenvalue weighted by molar-refractivity contribution is 14.0. The molecule has 0 saturated carbocycles. The summed E-state index contributed by atoms with van der Waals surface area (Å²) in [5, 5.41) is 9.11. The molecule has 0 radical (unpaired) electrons. The molecule has 0 aromatic heterocycles. The molecular formula is C21H26F2IN5O. The predicted octanol–water partition coefficient (Wildman–Crippen LogP) is 2.89. The number of benzene rings is 2. The second-order valence-electron chi connectivity index (χ2n) is 6.85. The molecule has 1 heterocycles. The molecule has 1 amide bonds. The van der Waals surface area contributed by atoms with Gasteiger partial charge in [-0.1, -0.05) is 18.2 Å². The van der Waals surface area contributed by atoms with Gasteiger partial charge in [0.15, 0.2) is 5.96 Å². The minimum absolute atomic E-state index is 0. The molecule has 1 unspecified atom stereocenters. The second-order valence-corrected chi connectivity index (χ2v) is 6.85. The van der Waals surface area contributed by atoms with E-state index in [2.05, 4.69) is 20.9 Å². The molecule has 0 aliphatic carbocycles. The number of guanidine groups is 1. The van der Waals surface area contributed by atoms with Crippen molar-refractivity contribution >= 4 is 41.5 Å². The maximum Gasteiger partial charge on any atom is 0.251 e. The van der Waals surface area contributed by atoms with Gasteiger partial charge in [-0.3, -0.25) is 9.79 Å². The molecule has 1 aliphatic rings. The number of amides is 1. The molecule has 1 fully saturated rings. The Bertz CT molecular complexity index is 871. The maximum atomic E-state index is 14.0. The van der Waals surface area contributed by atoms with Gasteiger partial charge in [0.05, 0.1) is 0 Å². The number of aliphatic imine (C=N–C) groups is 1. The molecule has 0 bridgehead atoms. The van der Waals surface area contributed by atoms with E-state index < -0.39 is 11.6 Å². The van der Waals surface area contributed by atoms with E-state index >= 15 is 0 Å². The third kappa shape index (κ3) is 5.80. The highest BCUT2D eigenvalue weighted by Gasteiger charge is 2.27. The van der Waals surface area contributed by atoms with Crippen LogP contribution in [0.2, 0.25) is 0 Å². The van der Waals surface area contributed by atoms with Crippen LogP contribution in [0, 0.1) is 11.6 Å². The Morgan fingerprint density at radius 3 is 2.43 bits per heavy atom. The number of hydrogen-bond donors (Lipinski definition) is 3. The number of carbonyl (C=O) groups is 1. The summed E-state index contributed by atoms with van der Waals surface area (Å²) >= 11 is 0. The molecule has 2 aromatic carbocycles. The van der Waals surface area contributed by atoms with Crippen molar-refractivity contribution in [2.45, 2.75) is 19.0 Å². The average Bonchev–Trinajstić information content (AvgIpc) is 3.18. The van der Waals surface area contributed by atoms with Crippen molar-refractivity contribution in [3.8, 4) is 0 Å². The van der Waals surface area contributed by atoms with Crippen LogP contribution in [-0.4, -0.2) is 45.1 Å². The smallest absolute Gasteiger partial charge is 0.251 e. The molecule has 0 spiro atoms. The van der Waals surface area contributed by atoms with Crippen LogP contribution in [0.15, 0.2) is 47.5 Å². The summed E-state index contributed by atoms with van der Waals surface area (Å²) in [6.45, 7) is 1.58. The monoisotopic (exact) mass is 529 g/mol. The minimum Gasteiger partial charge on any atom is -0.365 e. The van der Waals surface area contributed by atoms with Crippen LogP contribution >= 0.6 is 24.0 Å². The van der Waals surface area contributed by atoms with E-state index in [1.807, 2.05) is 12.1 Å². The molecule has 3 N–H and O–H groups in total. The highest BCUT2D eigenvalue weighted by atomic mass is 127. The molecule has 1 aliphatic heterocycles. The van der Waals surface area contributed by atoms with Gasteiger partial charge in [0, 0.05) is 45.3 Å². The fourth-order valence-corrected chi connectivity index (χ4v) is 3.36. The van der Waals surface area contributed by atoms with Crippen molar-refractivity contribution in [3.05, 3.63) is 65.2 Å². The van der Waals surface area contributed by atoms with Crippen LogP contribution in [0.25, 0.3) is 0 Å². The number of nitrogens with zero attached hydrogens (tertiary/aromatic N) is 2. The van der Waals surface area contributed by atoms with E-state index in [1.54, 1.807) is 31.1 Å².